The molecule has 0 saturated carbocycles. The van der Waals surface area contributed by atoms with Crippen molar-refractivity contribution in [1.29, 1.82) is 0 Å². The summed E-state index contributed by atoms with van der Waals surface area (Å²) in [5, 5.41) is 4.16. The Hall–Kier alpha value is -1.58. The zero-order chi connectivity index (χ0) is 13.8. The van der Waals surface area contributed by atoms with Gasteiger partial charge < -0.3 is 5.32 Å². The molecule has 0 spiro atoms. The number of rotatable bonds is 5. The van der Waals surface area contributed by atoms with Crippen molar-refractivity contribution >= 4 is 38.8 Å². The second-order valence-corrected chi connectivity index (χ2v) is 5.93. The van der Waals surface area contributed by atoms with E-state index in [9.17, 15) is 0 Å². The van der Waals surface area contributed by atoms with Gasteiger partial charge >= 0.3 is 0 Å². The summed E-state index contributed by atoms with van der Waals surface area (Å²) in [7, 11) is 0. The normalized spacial score (nSPS) is 10.8. The van der Waals surface area contributed by atoms with Gasteiger partial charge in [-0.05, 0) is 30.5 Å². The standard InChI is InChI=1S/C16H15ClN2S/c17-13-8-9-14-16(19-11-20-14)15(13)18-10-4-7-12-5-2-1-3-6-12/h1-3,5-6,8-9,11,18H,4,7,10H2. The molecule has 3 aromatic rings. The third-order valence-corrected chi connectivity index (χ3v) is 4.35. The van der Waals surface area contributed by atoms with Crippen molar-refractivity contribution in [2.45, 2.75) is 12.8 Å². The molecule has 1 heterocycles. The van der Waals surface area contributed by atoms with Gasteiger partial charge in [0.1, 0.15) is 5.52 Å². The summed E-state index contributed by atoms with van der Waals surface area (Å²) in [4.78, 5) is 4.39. The van der Waals surface area contributed by atoms with Crippen molar-refractivity contribution in [2.75, 3.05) is 11.9 Å². The second kappa shape index (κ2) is 6.25. The zero-order valence-electron chi connectivity index (χ0n) is 11.0. The molecule has 0 atom stereocenters. The molecule has 0 fully saturated rings. The molecule has 1 N–H and O–H groups in total. The van der Waals surface area contributed by atoms with Crippen LogP contribution in [0.25, 0.3) is 10.2 Å². The first-order chi connectivity index (χ1) is 9.84. The van der Waals surface area contributed by atoms with Gasteiger partial charge in [0.05, 0.1) is 20.9 Å². The van der Waals surface area contributed by atoms with Crippen molar-refractivity contribution in [1.82, 2.24) is 4.98 Å². The van der Waals surface area contributed by atoms with Crippen molar-refractivity contribution in [2.24, 2.45) is 0 Å². The number of hydrogen-bond acceptors (Lipinski definition) is 3. The van der Waals surface area contributed by atoms with E-state index in [1.807, 2.05) is 23.7 Å². The molecule has 0 aliphatic rings. The molecule has 1 aromatic heterocycles. The van der Waals surface area contributed by atoms with Crippen LogP contribution in [0.2, 0.25) is 5.02 Å². The van der Waals surface area contributed by atoms with Gasteiger partial charge in [-0.15, -0.1) is 11.3 Å². The Labute approximate surface area is 127 Å². The molecule has 0 unspecified atom stereocenters. The monoisotopic (exact) mass is 302 g/mol. The lowest BCUT2D eigenvalue weighted by molar-refractivity contribution is 0.864. The van der Waals surface area contributed by atoms with Crippen LogP contribution in [-0.2, 0) is 6.42 Å². The van der Waals surface area contributed by atoms with Crippen LogP contribution < -0.4 is 5.32 Å². The van der Waals surface area contributed by atoms with Crippen LogP contribution in [-0.4, -0.2) is 11.5 Å². The van der Waals surface area contributed by atoms with Gasteiger partial charge in [0.2, 0.25) is 0 Å². The van der Waals surface area contributed by atoms with Crippen LogP contribution in [0.15, 0.2) is 48.0 Å². The summed E-state index contributed by atoms with van der Waals surface area (Å²) in [6, 6.07) is 14.5. The van der Waals surface area contributed by atoms with Gasteiger partial charge in [-0.25, -0.2) is 4.98 Å². The lowest BCUT2D eigenvalue weighted by Crippen LogP contribution is -2.04. The Bertz CT molecular complexity index is 694. The first kappa shape index (κ1) is 13.4. The number of benzene rings is 2. The predicted molar refractivity (Wildman–Crippen MR) is 87.9 cm³/mol. The summed E-state index contributed by atoms with van der Waals surface area (Å²) in [6.45, 7) is 0.894. The Morgan fingerprint density at radius 1 is 1.10 bits per heavy atom. The second-order valence-electron chi connectivity index (χ2n) is 4.64. The van der Waals surface area contributed by atoms with E-state index in [-0.39, 0.29) is 0 Å². The lowest BCUT2D eigenvalue weighted by Gasteiger charge is -2.09. The molecule has 3 rings (SSSR count). The minimum absolute atomic E-state index is 0.739. The minimum Gasteiger partial charge on any atom is -0.382 e. The molecule has 102 valence electrons. The largest absolute Gasteiger partial charge is 0.382 e. The van der Waals surface area contributed by atoms with Gasteiger partial charge in [0.25, 0.3) is 0 Å². The highest BCUT2D eigenvalue weighted by Gasteiger charge is 2.07. The quantitative estimate of drug-likeness (QED) is 0.671. The highest BCUT2D eigenvalue weighted by atomic mass is 35.5. The molecule has 4 heteroatoms. The number of anilines is 1. The summed E-state index contributed by atoms with van der Waals surface area (Å²) < 4.78 is 1.17. The van der Waals surface area contributed by atoms with E-state index >= 15 is 0 Å². The third-order valence-electron chi connectivity index (χ3n) is 3.24. The molecule has 0 aliphatic carbocycles. The minimum atomic E-state index is 0.739. The van der Waals surface area contributed by atoms with Gasteiger partial charge in [-0.2, -0.15) is 0 Å². The highest BCUT2D eigenvalue weighted by molar-refractivity contribution is 7.16. The molecular weight excluding hydrogens is 288 g/mol. The van der Waals surface area contributed by atoms with Gasteiger partial charge in [-0.3, -0.25) is 0 Å². The molecule has 2 aromatic carbocycles. The maximum Gasteiger partial charge on any atom is 0.106 e. The molecule has 0 bridgehead atoms. The van der Waals surface area contributed by atoms with Crippen LogP contribution >= 0.6 is 22.9 Å². The van der Waals surface area contributed by atoms with E-state index in [0.29, 0.717) is 0 Å². The summed E-state index contributed by atoms with van der Waals surface area (Å²) in [5.74, 6) is 0. The molecule has 0 amide bonds. The van der Waals surface area contributed by atoms with Crippen molar-refractivity contribution < 1.29 is 0 Å². The van der Waals surface area contributed by atoms with E-state index in [1.165, 1.54) is 10.3 Å². The number of thiazole rings is 1. The third kappa shape index (κ3) is 2.94. The fourth-order valence-electron chi connectivity index (χ4n) is 2.23. The average Bonchev–Trinajstić information content (AvgIpc) is 2.95. The van der Waals surface area contributed by atoms with Crippen LogP contribution in [0.3, 0.4) is 0 Å². The first-order valence-electron chi connectivity index (χ1n) is 6.64. The lowest BCUT2D eigenvalue weighted by atomic mass is 10.1. The van der Waals surface area contributed by atoms with Gasteiger partial charge in [-0.1, -0.05) is 41.9 Å². The summed E-state index contributed by atoms with van der Waals surface area (Å²) in [5.41, 5.74) is 5.16. The van der Waals surface area contributed by atoms with Crippen molar-refractivity contribution in [3.8, 4) is 0 Å². The Morgan fingerprint density at radius 2 is 1.95 bits per heavy atom. The Kier molecular flexibility index (Phi) is 4.19. The first-order valence-corrected chi connectivity index (χ1v) is 7.90. The van der Waals surface area contributed by atoms with Crippen LogP contribution in [0.5, 0.6) is 0 Å². The maximum absolute atomic E-state index is 6.26. The molecule has 20 heavy (non-hydrogen) atoms. The number of nitrogens with one attached hydrogen (secondary N) is 1. The summed E-state index contributed by atoms with van der Waals surface area (Å²) >= 11 is 7.89. The van der Waals surface area contributed by atoms with E-state index in [2.05, 4.69) is 34.6 Å². The van der Waals surface area contributed by atoms with Crippen molar-refractivity contribution in [3.05, 3.63) is 58.6 Å². The number of hydrogen-bond donors (Lipinski definition) is 1. The number of aromatic nitrogens is 1. The SMILES string of the molecule is Clc1ccc2scnc2c1NCCCc1ccccc1. The Morgan fingerprint density at radius 3 is 2.80 bits per heavy atom. The van der Waals surface area contributed by atoms with E-state index in [1.54, 1.807) is 11.3 Å². The van der Waals surface area contributed by atoms with E-state index < -0.39 is 0 Å². The predicted octanol–water partition coefficient (Wildman–Crippen LogP) is 4.99. The molecule has 0 radical (unpaired) electrons. The fourth-order valence-corrected chi connectivity index (χ4v) is 3.13. The smallest absolute Gasteiger partial charge is 0.106 e. The van der Waals surface area contributed by atoms with Gasteiger partial charge in [0, 0.05) is 6.54 Å². The van der Waals surface area contributed by atoms with Crippen molar-refractivity contribution in [3.63, 3.8) is 0 Å². The Balaban J connectivity index is 1.63. The summed E-state index contributed by atoms with van der Waals surface area (Å²) in [6.07, 6.45) is 2.14. The zero-order valence-corrected chi connectivity index (χ0v) is 12.5. The maximum atomic E-state index is 6.26. The van der Waals surface area contributed by atoms with Crippen LogP contribution in [0, 0.1) is 0 Å². The number of nitrogens with zero attached hydrogens (tertiary/aromatic N) is 1. The van der Waals surface area contributed by atoms with E-state index in [4.69, 9.17) is 11.6 Å². The molecule has 0 saturated heterocycles. The average molecular weight is 303 g/mol. The fraction of sp³-hybridized carbons (Fsp3) is 0.188. The number of halogens is 1. The van der Waals surface area contributed by atoms with E-state index in [0.717, 1.165) is 35.6 Å². The van der Waals surface area contributed by atoms with Crippen LogP contribution in [0.1, 0.15) is 12.0 Å². The molecule has 0 aliphatic heterocycles. The topological polar surface area (TPSA) is 24.9 Å². The molecular formula is C16H15ClN2S. The van der Waals surface area contributed by atoms with Crippen LogP contribution in [0.4, 0.5) is 5.69 Å². The number of aryl methyl sites for hydroxylation is 1. The number of fused-ring (bicyclic) bond motifs is 1. The van der Waals surface area contributed by atoms with Gasteiger partial charge in [0.15, 0.2) is 0 Å². The molecule has 2 nitrogen and oxygen atoms in total. The highest BCUT2D eigenvalue weighted by Crippen LogP contribution is 2.32.